The zero-order valence-corrected chi connectivity index (χ0v) is 10.8. The molecule has 0 amide bonds. The predicted octanol–water partition coefficient (Wildman–Crippen LogP) is 1.84. The van der Waals surface area contributed by atoms with Crippen molar-refractivity contribution in [2.24, 2.45) is 10.9 Å². The maximum Gasteiger partial charge on any atom is 0.328 e. The summed E-state index contributed by atoms with van der Waals surface area (Å²) in [5.41, 5.74) is 0. The SMILES string of the molecule is CCOC(=O)[C@@H](C#N)C=NCCOc1ccccc1. The van der Waals surface area contributed by atoms with Gasteiger partial charge < -0.3 is 9.47 Å². The fourth-order valence-electron chi connectivity index (χ4n) is 1.29. The maximum atomic E-state index is 11.3. The maximum absolute atomic E-state index is 11.3. The first-order valence-corrected chi connectivity index (χ1v) is 6.02. The van der Waals surface area contributed by atoms with Crippen LogP contribution in [0.2, 0.25) is 0 Å². The van der Waals surface area contributed by atoms with Crippen LogP contribution < -0.4 is 4.74 Å². The zero-order chi connectivity index (χ0) is 13.9. The monoisotopic (exact) mass is 260 g/mol. The standard InChI is InChI=1S/C14H16N2O3/c1-2-18-14(17)12(10-15)11-16-8-9-19-13-6-4-3-5-7-13/h3-7,11-12H,2,8-9H2,1H3/t12-/m0/s1. The minimum Gasteiger partial charge on any atom is -0.492 e. The van der Waals surface area contributed by atoms with Gasteiger partial charge in [0.1, 0.15) is 12.4 Å². The fraction of sp³-hybridized carbons (Fsp3) is 0.357. The first-order valence-electron chi connectivity index (χ1n) is 6.02. The first kappa shape index (κ1) is 14.7. The number of aliphatic imine (C=N–C) groups is 1. The summed E-state index contributed by atoms with van der Waals surface area (Å²) in [5.74, 6) is -0.755. The lowest BCUT2D eigenvalue weighted by Crippen LogP contribution is -2.17. The Morgan fingerprint density at radius 3 is 2.84 bits per heavy atom. The highest BCUT2D eigenvalue weighted by Crippen LogP contribution is 2.07. The summed E-state index contributed by atoms with van der Waals surface area (Å²) < 4.78 is 10.2. The van der Waals surface area contributed by atoms with Crippen LogP contribution in [0.25, 0.3) is 0 Å². The Bertz CT molecular complexity index is 452. The Balaban J connectivity index is 2.29. The molecule has 19 heavy (non-hydrogen) atoms. The molecular formula is C14H16N2O3. The summed E-state index contributed by atoms with van der Waals surface area (Å²) in [6.07, 6.45) is 1.30. The van der Waals surface area contributed by atoms with Crippen molar-refractivity contribution in [3.05, 3.63) is 30.3 Å². The molecule has 1 atom stereocenters. The molecule has 0 bridgehead atoms. The lowest BCUT2D eigenvalue weighted by Gasteiger charge is -2.04. The minimum atomic E-state index is -0.948. The molecule has 0 heterocycles. The number of hydrogen-bond donors (Lipinski definition) is 0. The van der Waals surface area contributed by atoms with Crippen molar-refractivity contribution in [1.29, 1.82) is 5.26 Å². The number of ether oxygens (including phenoxy) is 2. The number of rotatable bonds is 7. The highest BCUT2D eigenvalue weighted by atomic mass is 16.5. The van der Waals surface area contributed by atoms with Gasteiger partial charge in [0.2, 0.25) is 0 Å². The van der Waals surface area contributed by atoms with E-state index in [0.29, 0.717) is 13.2 Å². The number of esters is 1. The summed E-state index contributed by atoms with van der Waals surface area (Å²) in [5, 5.41) is 8.78. The number of nitrogens with zero attached hydrogens (tertiary/aromatic N) is 2. The van der Waals surface area contributed by atoms with Gasteiger partial charge in [-0.1, -0.05) is 18.2 Å². The lowest BCUT2D eigenvalue weighted by atomic mass is 10.2. The van der Waals surface area contributed by atoms with E-state index in [1.807, 2.05) is 36.4 Å². The van der Waals surface area contributed by atoms with Crippen LogP contribution in [0.3, 0.4) is 0 Å². The van der Waals surface area contributed by atoms with E-state index in [2.05, 4.69) is 4.99 Å². The predicted molar refractivity (Wildman–Crippen MR) is 71.0 cm³/mol. The molecule has 5 heteroatoms. The molecule has 0 radical (unpaired) electrons. The van der Waals surface area contributed by atoms with Crippen LogP contribution in [-0.4, -0.2) is 31.9 Å². The van der Waals surface area contributed by atoms with Gasteiger partial charge in [0.25, 0.3) is 0 Å². The van der Waals surface area contributed by atoms with Crippen LogP contribution >= 0.6 is 0 Å². The molecule has 0 aromatic heterocycles. The molecule has 5 nitrogen and oxygen atoms in total. The van der Waals surface area contributed by atoms with Gasteiger partial charge in [-0.15, -0.1) is 0 Å². The van der Waals surface area contributed by atoms with Crippen LogP contribution in [0, 0.1) is 17.2 Å². The second-order valence-electron chi connectivity index (χ2n) is 3.58. The fourth-order valence-corrected chi connectivity index (χ4v) is 1.29. The number of carbonyl (C=O) groups is 1. The molecule has 1 aromatic carbocycles. The van der Waals surface area contributed by atoms with Crippen molar-refractivity contribution >= 4 is 12.2 Å². The number of nitriles is 1. The van der Waals surface area contributed by atoms with Gasteiger partial charge in [-0.3, -0.25) is 9.79 Å². The lowest BCUT2D eigenvalue weighted by molar-refractivity contribution is -0.143. The average molecular weight is 260 g/mol. The van der Waals surface area contributed by atoms with Crippen LogP contribution in [0.4, 0.5) is 0 Å². The Labute approximate surface area is 112 Å². The van der Waals surface area contributed by atoms with E-state index in [1.54, 1.807) is 6.92 Å². The Morgan fingerprint density at radius 1 is 1.47 bits per heavy atom. The highest BCUT2D eigenvalue weighted by molar-refractivity contribution is 5.92. The number of carbonyl (C=O) groups excluding carboxylic acids is 1. The second kappa shape index (κ2) is 8.70. The molecule has 0 spiro atoms. The molecule has 1 aromatic rings. The van der Waals surface area contributed by atoms with E-state index in [0.717, 1.165) is 5.75 Å². The van der Waals surface area contributed by atoms with E-state index in [4.69, 9.17) is 14.7 Å². The average Bonchev–Trinajstić information content (AvgIpc) is 2.44. The summed E-state index contributed by atoms with van der Waals surface area (Å²) in [6.45, 7) is 2.72. The molecule has 0 N–H and O–H groups in total. The quantitative estimate of drug-likeness (QED) is 0.426. The third kappa shape index (κ3) is 5.68. The molecule has 0 unspecified atom stereocenters. The zero-order valence-electron chi connectivity index (χ0n) is 10.8. The van der Waals surface area contributed by atoms with E-state index >= 15 is 0 Å². The number of benzene rings is 1. The van der Waals surface area contributed by atoms with Crippen molar-refractivity contribution in [1.82, 2.24) is 0 Å². The van der Waals surface area contributed by atoms with Gasteiger partial charge >= 0.3 is 5.97 Å². The molecule has 100 valence electrons. The largest absolute Gasteiger partial charge is 0.492 e. The van der Waals surface area contributed by atoms with Crippen LogP contribution in [-0.2, 0) is 9.53 Å². The Hall–Kier alpha value is -2.35. The van der Waals surface area contributed by atoms with Crippen molar-refractivity contribution in [3.63, 3.8) is 0 Å². The summed E-state index contributed by atoms with van der Waals surface area (Å²) >= 11 is 0. The Kier molecular flexibility index (Phi) is 6.73. The topological polar surface area (TPSA) is 71.7 Å². The molecule has 0 saturated carbocycles. The minimum absolute atomic E-state index is 0.252. The van der Waals surface area contributed by atoms with Crippen molar-refractivity contribution in [2.75, 3.05) is 19.8 Å². The third-order valence-electron chi connectivity index (χ3n) is 2.17. The normalized spacial score (nSPS) is 11.8. The Morgan fingerprint density at radius 2 is 2.21 bits per heavy atom. The van der Waals surface area contributed by atoms with Crippen LogP contribution in [0.1, 0.15) is 6.92 Å². The van der Waals surface area contributed by atoms with Crippen molar-refractivity contribution in [2.45, 2.75) is 6.92 Å². The third-order valence-corrected chi connectivity index (χ3v) is 2.17. The number of hydrogen-bond acceptors (Lipinski definition) is 5. The van der Waals surface area contributed by atoms with Gasteiger partial charge in [-0.25, -0.2) is 0 Å². The highest BCUT2D eigenvalue weighted by Gasteiger charge is 2.15. The van der Waals surface area contributed by atoms with Crippen molar-refractivity contribution < 1.29 is 14.3 Å². The molecule has 0 aliphatic carbocycles. The van der Waals surface area contributed by atoms with Gasteiger partial charge in [0.15, 0.2) is 5.92 Å². The van der Waals surface area contributed by atoms with Gasteiger partial charge in [0, 0.05) is 6.21 Å². The van der Waals surface area contributed by atoms with E-state index in [9.17, 15) is 4.79 Å². The number of para-hydroxylation sites is 1. The van der Waals surface area contributed by atoms with Gasteiger partial charge in [-0.05, 0) is 19.1 Å². The van der Waals surface area contributed by atoms with Crippen LogP contribution in [0.15, 0.2) is 35.3 Å². The summed E-state index contributed by atoms with van der Waals surface area (Å²) in [6, 6.07) is 11.2. The molecule has 0 fully saturated rings. The smallest absolute Gasteiger partial charge is 0.328 e. The second-order valence-corrected chi connectivity index (χ2v) is 3.58. The first-order chi connectivity index (χ1) is 9.27. The van der Waals surface area contributed by atoms with E-state index in [-0.39, 0.29) is 6.61 Å². The molecule has 1 rings (SSSR count). The molecule has 0 aliphatic rings. The van der Waals surface area contributed by atoms with Gasteiger partial charge in [0.05, 0.1) is 19.2 Å². The van der Waals surface area contributed by atoms with Crippen LogP contribution in [0.5, 0.6) is 5.75 Å². The molecule has 0 saturated heterocycles. The van der Waals surface area contributed by atoms with E-state index in [1.165, 1.54) is 6.21 Å². The molecule has 0 aliphatic heterocycles. The van der Waals surface area contributed by atoms with E-state index < -0.39 is 11.9 Å². The summed E-state index contributed by atoms with van der Waals surface area (Å²) in [7, 11) is 0. The molecular weight excluding hydrogens is 244 g/mol. The van der Waals surface area contributed by atoms with Crippen molar-refractivity contribution in [3.8, 4) is 11.8 Å². The summed E-state index contributed by atoms with van der Waals surface area (Å²) in [4.78, 5) is 15.3. The van der Waals surface area contributed by atoms with Gasteiger partial charge in [-0.2, -0.15) is 5.26 Å².